The number of fused-ring (bicyclic) bond motifs is 1. The van der Waals surface area contributed by atoms with E-state index >= 15 is 0 Å². The van der Waals surface area contributed by atoms with Gasteiger partial charge in [-0.05, 0) is 72.2 Å². The van der Waals surface area contributed by atoms with Gasteiger partial charge in [0.2, 0.25) is 23.4 Å². The second-order valence-corrected chi connectivity index (χ2v) is 23.1. The topological polar surface area (TPSA) is 149 Å². The molecule has 0 spiro atoms. The molecule has 0 bridgehead atoms. The van der Waals surface area contributed by atoms with Crippen molar-refractivity contribution in [2.24, 2.45) is 22.2 Å². The average molecular weight is 987 g/mol. The Hall–Kier alpha value is -5.77. The van der Waals surface area contributed by atoms with Crippen molar-refractivity contribution in [3.63, 3.8) is 0 Å². The summed E-state index contributed by atoms with van der Waals surface area (Å²) < 4.78 is 6.48. The Morgan fingerprint density at radius 3 is 2.39 bits per heavy atom. The molecule has 4 aromatic rings. The van der Waals surface area contributed by atoms with E-state index in [1.54, 1.807) is 29.5 Å². The third-order valence-electron chi connectivity index (χ3n) is 14.7. The van der Waals surface area contributed by atoms with Crippen LogP contribution in [-0.4, -0.2) is 105 Å². The fraction of sp³-hybridized carbons (Fsp3) is 0.491. The van der Waals surface area contributed by atoms with Crippen LogP contribution >= 0.6 is 22.9 Å². The van der Waals surface area contributed by atoms with Crippen LogP contribution in [0.4, 0.5) is 5.69 Å². The summed E-state index contributed by atoms with van der Waals surface area (Å²) in [6.07, 6.45) is -0.0160. The fourth-order valence-corrected chi connectivity index (χ4v) is 12.5. The number of nitrogens with one attached hydrogen (secondary N) is 2. The number of aliphatic hydroxyl groups excluding tert-OH is 1. The quantitative estimate of drug-likeness (QED) is 0.0892. The van der Waals surface area contributed by atoms with E-state index in [2.05, 4.69) is 64.9 Å². The predicted octanol–water partition coefficient (Wildman–Crippen LogP) is 8.59. The summed E-state index contributed by atoms with van der Waals surface area (Å²) in [6.45, 7) is 28.0. The molecule has 3 aromatic carbocycles. The molecule has 15 heteroatoms. The Kier molecular flexibility index (Phi) is 14.3. The number of rotatable bonds is 13. The van der Waals surface area contributed by atoms with Crippen LogP contribution in [0.25, 0.3) is 15.3 Å². The van der Waals surface area contributed by atoms with Crippen LogP contribution in [0.2, 0.25) is 5.02 Å². The number of carbonyl (C=O) groups is 4. The summed E-state index contributed by atoms with van der Waals surface area (Å²) in [7, 11) is 0. The van der Waals surface area contributed by atoms with Gasteiger partial charge in [0.15, 0.2) is 0 Å². The second-order valence-electron chi connectivity index (χ2n) is 21.8. The van der Waals surface area contributed by atoms with Gasteiger partial charge in [-0.2, -0.15) is 0 Å². The molecule has 13 nitrogen and oxygen atoms in total. The second kappa shape index (κ2) is 19.8. The Labute approximate surface area is 421 Å². The number of aryl methyl sites for hydroxylation is 1. The highest BCUT2D eigenvalue weighted by molar-refractivity contribution is 7.13. The lowest BCUT2D eigenvalue weighted by Gasteiger charge is -2.65. The largest absolute Gasteiger partial charge is 0.489 e. The van der Waals surface area contributed by atoms with Crippen LogP contribution in [0.1, 0.15) is 113 Å². The van der Waals surface area contributed by atoms with Crippen LogP contribution in [0, 0.1) is 47.5 Å². The number of β-amino-alcohol motifs (C(OH)–C–C–N with tert-alkyl or cyclic N) is 1. The van der Waals surface area contributed by atoms with Gasteiger partial charge in [0.1, 0.15) is 23.9 Å². The van der Waals surface area contributed by atoms with Gasteiger partial charge >= 0.3 is 0 Å². The van der Waals surface area contributed by atoms with E-state index in [-0.39, 0.29) is 72.0 Å². The first-order chi connectivity index (χ1) is 33.1. The first-order valence-electron chi connectivity index (χ1n) is 24.1. The third-order valence-corrected chi connectivity index (χ3v) is 16.0. The van der Waals surface area contributed by atoms with Gasteiger partial charge in [0.05, 0.1) is 39.8 Å². The van der Waals surface area contributed by atoms with E-state index in [1.165, 1.54) is 4.90 Å². The van der Waals surface area contributed by atoms with Crippen molar-refractivity contribution in [2.75, 3.05) is 26.2 Å². The minimum absolute atomic E-state index is 0.00846. The summed E-state index contributed by atoms with van der Waals surface area (Å²) in [5.74, 6) is 6.67. The Morgan fingerprint density at radius 2 is 1.74 bits per heavy atom. The number of thiazole rings is 1. The van der Waals surface area contributed by atoms with Crippen molar-refractivity contribution >= 4 is 52.3 Å². The molecule has 4 heterocycles. The van der Waals surface area contributed by atoms with Gasteiger partial charge in [-0.25, -0.2) is 9.83 Å². The zero-order chi connectivity index (χ0) is 50.4. The lowest BCUT2D eigenvalue weighted by molar-refractivity contribution is -0.199. The van der Waals surface area contributed by atoms with Crippen molar-refractivity contribution in [1.29, 1.82) is 0 Å². The standard InChI is InChI=1S/C55H64ClN7O6S/c1-32(36-15-17-37(18-16-36)46-33(2)58-31-70-46)59-48(66)44-25-39(64)30-62(44)50(68)47(53(3,4)5)60-45(65)22-23-61-27-35(28-61)13-11-12-34-14-20-41-38(24-34)29-63(49(41)67)51-54(6,7)52(55(51,8)9)69-40-19-21-43(57-10)42(56)26-40/h14-21,24,26,31-32,35,39,44,47,51-52,64H,13,22-23,25,27-30H2,1-9H3,(H,59,66)(H,60,65)/t32-,39+,44-,47+,51?,52?/m0/s1. The van der Waals surface area contributed by atoms with Crippen LogP contribution < -0.4 is 15.4 Å². The average Bonchev–Trinajstić information content (AvgIpc) is 3.99. The minimum atomic E-state index is -0.897. The Balaban J connectivity index is 0.793. The first kappa shape index (κ1) is 50.6. The van der Waals surface area contributed by atoms with Gasteiger partial charge in [-0.1, -0.05) is 102 Å². The van der Waals surface area contributed by atoms with Crippen molar-refractivity contribution < 1.29 is 29.0 Å². The summed E-state index contributed by atoms with van der Waals surface area (Å²) in [5.41, 5.74) is 6.30. The predicted molar refractivity (Wildman–Crippen MR) is 272 cm³/mol. The minimum Gasteiger partial charge on any atom is -0.489 e. The van der Waals surface area contributed by atoms with Crippen molar-refractivity contribution in [2.45, 2.75) is 124 Å². The van der Waals surface area contributed by atoms with E-state index in [1.807, 2.05) is 87.5 Å². The molecular formula is C55H64ClN7O6S. The summed E-state index contributed by atoms with van der Waals surface area (Å²) in [6, 6.07) is 16.8. The number of aromatic nitrogens is 1. The molecule has 4 amide bonds. The molecule has 8 rings (SSSR count). The van der Waals surface area contributed by atoms with E-state index in [9.17, 15) is 24.3 Å². The summed E-state index contributed by atoms with van der Waals surface area (Å²) in [5, 5.41) is 17.1. The molecule has 1 saturated carbocycles. The fourth-order valence-electron chi connectivity index (χ4n) is 11.4. The van der Waals surface area contributed by atoms with Crippen LogP contribution in [-0.2, 0) is 20.9 Å². The number of ether oxygens (including phenoxy) is 1. The number of amides is 4. The summed E-state index contributed by atoms with van der Waals surface area (Å²) >= 11 is 7.89. The van der Waals surface area contributed by atoms with Crippen molar-refractivity contribution in [1.82, 2.24) is 30.3 Å². The third kappa shape index (κ3) is 10.2. The molecule has 1 aliphatic carbocycles. The molecule has 4 aliphatic rings. The van der Waals surface area contributed by atoms with Gasteiger partial charge in [0.25, 0.3) is 5.91 Å². The lowest BCUT2D eigenvalue weighted by atomic mass is 9.49. The van der Waals surface area contributed by atoms with Gasteiger partial charge < -0.3 is 35.2 Å². The Morgan fingerprint density at radius 1 is 1.03 bits per heavy atom. The van der Waals surface area contributed by atoms with E-state index in [4.69, 9.17) is 22.9 Å². The highest BCUT2D eigenvalue weighted by Crippen LogP contribution is 2.59. The van der Waals surface area contributed by atoms with Crippen molar-refractivity contribution in [3.05, 3.63) is 111 Å². The molecule has 1 aromatic heterocycles. The van der Waals surface area contributed by atoms with Gasteiger partial charge in [0, 0.05) is 80.0 Å². The van der Waals surface area contributed by atoms with Crippen molar-refractivity contribution in [3.8, 4) is 28.0 Å². The molecule has 4 atom stereocenters. The number of carbonyl (C=O) groups excluding carboxylic acids is 4. The number of nitrogens with zero attached hydrogens (tertiary/aromatic N) is 5. The number of hydrogen-bond acceptors (Lipinski definition) is 9. The normalized spacial score (nSPS) is 22.4. The molecule has 3 N–H and O–H groups in total. The summed E-state index contributed by atoms with van der Waals surface area (Å²) in [4.78, 5) is 69.7. The first-order valence-corrected chi connectivity index (χ1v) is 25.4. The van der Waals surface area contributed by atoms with Crippen LogP contribution in [0.3, 0.4) is 0 Å². The number of aliphatic hydroxyl groups is 1. The molecule has 2 saturated heterocycles. The molecular weight excluding hydrogens is 922 g/mol. The SMILES string of the molecule is [C-]#[N+]c1ccc(OC2C(C)(C)C(N3Cc4cc(C#CCC5CN(CCC(=O)N[C@H](C(=O)N6C[C@H](O)C[C@H]6C(=O)N[C@@H](C)c6ccc(-c7scnc7C)cc6)C(C)(C)C)C5)ccc4C3=O)C2(C)C)cc1Cl. The zero-order valence-corrected chi connectivity index (χ0v) is 43.1. The van der Waals surface area contributed by atoms with Gasteiger partial charge in [-0.3, -0.25) is 19.2 Å². The van der Waals surface area contributed by atoms with E-state index in [0.717, 1.165) is 45.9 Å². The van der Waals surface area contributed by atoms with E-state index in [0.29, 0.717) is 47.5 Å². The van der Waals surface area contributed by atoms with Gasteiger partial charge in [-0.15, -0.1) is 11.3 Å². The maximum atomic E-state index is 14.2. The molecule has 0 unspecified atom stereocenters. The zero-order valence-electron chi connectivity index (χ0n) is 41.6. The number of benzene rings is 3. The smallest absolute Gasteiger partial charge is 0.254 e. The lowest BCUT2D eigenvalue weighted by Crippen LogP contribution is -2.74. The van der Waals surface area contributed by atoms with Crippen LogP contribution in [0.5, 0.6) is 5.75 Å². The Bertz CT molecular complexity index is 2760. The molecule has 368 valence electrons. The monoisotopic (exact) mass is 985 g/mol. The number of likely N-dealkylation sites (tertiary alicyclic amines) is 2. The maximum Gasteiger partial charge on any atom is 0.254 e. The molecule has 3 aliphatic heterocycles. The maximum absolute atomic E-state index is 14.2. The number of halogens is 1. The molecule has 3 fully saturated rings. The highest BCUT2D eigenvalue weighted by Gasteiger charge is 2.67. The van der Waals surface area contributed by atoms with Crippen LogP contribution in [0.15, 0.2) is 66.2 Å². The van der Waals surface area contributed by atoms with E-state index < -0.39 is 23.6 Å². The number of hydrogen-bond donors (Lipinski definition) is 3. The highest BCUT2D eigenvalue weighted by atomic mass is 35.5. The molecule has 0 radical (unpaired) electrons. The molecule has 70 heavy (non-hydrogen) atoms.